The Morgan fingerprint density at radius 2 is 2.00 bits per heavy atom. The van der Waals surface area contributed by atoms with Gasteiger partial charge >= 0.3 is 0 Å². The number of para-hydroxylation sites is 1. The van der Waals surface area contributed by atoms with Crippen molar-refractivity contribution in [2.45, 2.75) is 19.9 Å². The second kappa shape index (κ2) is 12.3. The number of aliphatic imine (C=N–C) groups is 1. The molecule has 2 aromatic rings. The molecule has 2 rings (SSSR count). The van der Waals surface area contributed by atoms with E-state index in [4.69, 9.17) is 0 Å². The molecule has 0 radical (unpaired) electrons. The van der Waals surface area contributed by atoms with E-state index in [0.29, 0.717) is 13.1 Å². The van der Waals surface area contributed by atoms with Crippen molar-refractivity contribution in [2.24, 2.45) is 12.0 Å². The Balaban J connectivity index is 0.00000364. The zero-order chi connectivity index (χ0) is 18.8. The third kappa shape index (κ3) is 7.58. The maximum absolute atomic E-state index is 4.59. The average molecular weight is 483 g/mol. The Hall–Kier alpha value is -2.10. The number of anilines is 1. The fraction of sp³-hybridized carbons (Fsp3) is 0.421. The first kappa shape index (κ1) is 22.9. The maximum Gasteiger partial charge on any atom is 0.191 e. The minimum Gasteiger partial charge on any atom is -0.375 e. The minimum absolute atomic E-state index is 0. The number of benzene rings is 1. The topological polar surface area (TPSA) is 70.4 Å². The zero-order valence-electron chi connectivity index (χ0n) is 16.4. The van der Waals surface area contributed by atoms with Crippen molar-refractivity contribution < 1.29 is 0 Å². The summed E-state index contributed by atoms with van der Waals surface area (Å²) in [5.74, 6) is 2.48. The highest BCUT2D eigenvalue weighted by Gasteiger charge is 2.05. The van der Waals surface area contributed by atoms with E-state index < -0.39 is 0 Å². The lowest BCUT2D eigenvalue weighted by molar-refractivity contribution is 0.725. The van der Waals surface area contributed by atoms with Gasteiger partial charge < -0.3 is 20.1 Å². The summed E-state index contributed by atoms with van der Waals surface area (Å²) in [7, 11) is 4.06. The Labute approximate surface area is 179 Å². The molecule has 0 bridgehead atoms. The number of hydrogen-bond donors (Lipinski definition) is 2. The van der Waals surface area contributed by atoms with Crippen molar-refractivity contribution >= 4 is 35.6 Å². The average Bonchev–Trinajstić information content (AvgIpc) is 2.99. The molecule has 7 nitrogen and oxygen atoms in total. The van der Waals surface area contributed by atoms with Gasteiger partial charge in [-0.3, -0.25) is 0 Å². The molecule has 0 amide bonds. The van der Waals surface area contributed by atoms with Crippen molar-refractivity contribution in [3.05, 3.63) is 54.6 Å². The van der Waals surface area contributed by atoms with Crippen molar-refractivity contribution in [2.75, 3.05) is 31.6 Å². The van der Waals surface area contributed by atoms with Crippen molar-refractivity contribution in [1.82, 2.24) is 25.4 Å². The molecule has 0 spiro atoms. The van der Waals surface area contributed by atoms with Gasteiger partial charge in [-0.15, -0.1) is 40.8 Å². The van der Waals surface area contributed by atoms with Gasteiger partial charge in [0.2, 0.25) is 0 Å². The fourth-order valence-electron chi connectivity index (χ4n) is 2.42. The first-order chi connectivity index (χ1) is 12.6. The summed E-state index contributed by atoms with van der Waals surface area (Å²) in [6, 6.07) is 10.4. The van der Waals surface area contributed by atoms with Gasteiger partial charge in [-0.05, 0) is 25.5 Å². The van der Waals surface area contributed by atoms with Crippen LogP contribution in [0, 0.1) is 6.92 Å². The predicted octanol–water partition coefficient (Wildman–Crippen LogP) is 2.49. The zero-order valence-corrected chi connectivity index (χ0v) is 18.7. The first-order valence-electron chi connectivity index (χ1n) is 8.86. The number of guanidine groups is 1. The molecule has 0 fully saturated rings. The molecular formula is C19H30IN7. The van der Waals surface area contributed by atoms with E-state index in [1.807, 2.05) is 30.7 Å². The van der Waals surface area contributed by atoms with Crippen LogP contribution in [0.1, 0.15) is 18.1 Å². The molecule has 1 aromatic carbocycles. The van der Waals surface area contributed by atoms with E-state index in [-0.39, 0.29) is 24.0 Å². The predicted molar refractivity (Wildman–Crippen MR) is 123 cm³/mol. The van der Waals surface area contributed by atoms with Crippen LogP contribution < -0.4 is 15.5 Å². The summed E-state index contributed by atoms with van der Waals surface area (Å²) in [5.41, 5.74) is 1.23. The summed E-state index contributed by atoms with van der Waals surface area (Å²) < 4.78 is 1.95. The summed E-state index contributed by atoms with van der Waals surface area (Å²) >= 11 is 0. The minimum atomic E-state index is 0. The van der Waals surface area contributed by atoms with Crippen LogP contribution in [0.15, 0.2) is 48.0 Å². The number of hydrogen-bond acceptors (Lipinski definition) is 4. The Morgan fingerprint density at radius 3 is 2.63 bits per heavy atom. The molecule has 0 aliphatic rings. The molecule has 148 valence electrons. The first-order valence-corrected chi connectivity index (χ1v) is 8.86. The summed E-state index contributed by atoms with van der Waals surface area (Å²) in [6.07, 6.45) is 2.82. The van der Waals surface area contributed by atoms with Crippen LogP contribution >= 0.6 is 24.0 Å². The molecule has 0 aliphatic heterocycles. The largest absolute Gasteiger partial charge is 0.375 e. The van der Waals surface area contributed by atoms with Crippen LogP contribution in [0.5, 0.6) is 0 Å². The second-order valence-corrected chi connectivity index (χ2v) is 6.09. The van der Waals surface area contributed by atoms with E-state index in [1.54, 1.807) is 0 Å². The van der Waals surface area contributed by atoms with Gasteiger partial charge in [0.1, 0.15) is 12.4 Å². The molecular weight excluding hydrogens is 453 g/mol. The van der Waals surface area contributed by atoms with Crippen molar-refractivity contribution in [3.8, 4) is 0 Å². The number of nitrogens with zero attached hydrogens (tertiary/aromatic N) is 5. The quantitative estimate of drug-likeness (QED) is 0.189. The standard InChI is InChI=1S/C19H29N7.HI/c1-5-12-20-19(22-15-18-24-23-16(2)26(18)4)21-13-9-14-25(3)17-10-7-6-8-11-17;/h5-8,10-11H,1,9,12-15H2,2-4H3,(H2,20,21,22);1H. The molecule has 0 atom stereocenters. The van der Waals surface area contributed by atoms with Gasteiger partial charge in [0, 0.05) is 39.4 Å². The fourth-order valence-corrected chi connectivity index (χ4v) is 2.42. The van der Waals surface area contributed by atoms with Gasteiger partial charge in [0.05, 0.1) is 0 Å². The lowest BCUT2D eigenvalue weighted by Crippen LogP contribution is -2.38. The SMILES string of the molecule is C=CCNC(=NCc1nnc(C)n1C)NCCCN(C)c1ccccc1.I. The van der Waals surface area contributed by atoms with Crippen LogP contribution in [0.3, 0.4) is 0 Å². The van der Waals surface area contributed by atoms with Gasteiger partial charge in [0.15, 0.2) is 11.8 Å². The molecule has 1 heterocycles. The number of aryl methyl sites for hydroxylation is 1. The van der Waals surface area contributed by atoms with Crippen molar-refractivity contribution in [1.29, 1.82) is 0 Å². The normalized spacial score (nSPS) is 10.9. The van der Waals surface area contributed by atoms with E-state index in [1.165, 1.54) is 5.69 Å². The Morgan fingerprint density at radius 1 is 1.26 bits per heavy atom. The van der Waals surface area contributed by atoms with Crippen LogP contribution in [0.4, 0.5) is 5.69 Å². The molecule has 0 saturated carbocycles. The monoisotopic (exact) mass is 483 g/mol. The molecule has 0 saturated heterocycles. The second-order valence-electron chi connectivity index (χ2n) is 6.09. The summed E-state index contributed by atoms with van der Waals surface area (Å²) in [4.78, 5) is 6.84. The number of rotatable bonds is 9. The molecule has 8 heteroatoms. The van der Waals surface area contributed by atoms with E-state index >= 15 is 0 Å². The van der Waals surface area contributed by atoms with Gasteiger partial charge in [-0.2, -0.15) is 0 Å². The highest BCUT2D eigenvalue weighted by molar-refractivity contribution is 14.0. The highest BCUT2D eigenvalue weighted by Crippen LogP contribution is 2.10. The molecule has 27 heavy (non-hydrogen) atoms. The molecule has 1 aromatic heterocycles. The molecule has 0 unspecified atom stereocenters. The summed E-state index contributed by atoms with van der Waals surface area (Å²) in [6.45, 7) is 8.61. The summed E-state index contributed by atoms with van der Waals surface area (Å²) in [5, 5.41) is 14.8. The Bertz CT molecular complexity index is 712. The lowest BCUT2D eigenvalue weighted by Gasteiger charge is -2.19. The molecule has 0 aliphatic carbocycles. The number of halogens is 1. The van der Waals surface area contributed by atoms with Crippen LogP contribution in [0.25, 0.3) is 0 Å². The number of aromatic nitrogens is 3. The third-order valence-corrected chi connectivity index (χ3v) is 4.13. The van der Waals surface area contributed by atoms with Crippen LogP contribution in [-0.4, -0.2) is 47.4 Å². The Kier molecular flexibility index (Phi) is 10.5. The third-order valence-electron chi connectivity index (χ3n) is 4.13. The van der Waals surface area contributed by atoms with Crippen LogP contribution in [0.2, 0.25) is 0 Å². The van der Waals surface area contributed by atoms with E-state index in [9.17, 15) is 0 Å². The van der Waals surface area contributed by atoms with Crippen LogP contribution in [-0.2, 0) is 13.6 Å². The smallest absolute Gasteiger partial charge is 0.191 e. The highest BCUT2D eigenvalue weighted by atomic mass is 127. The van der Waals surface area contributed by atoms with Crippen molar-refractivity contribution in [3.63, 3.8) is 0 Å². The van der Waals surface area contributed by atoms with Gasteiger partial charge in [-0.25, -0.2) is 4.99 Å². The van der Waals surface area contributed by atoms with Gasteiger partial charge in [-0.1, -0.05) is 24.3 Å². The van der Waals surface area contributed by atoms with E-state index in [0.717, 1.165) is 37.1 Å². The lowest BCUT2D eigenvalue weighted by atomic mass is 10.3. The molecule has 2 N–H and O–H groups in total. The maximum atomic E-state index is 4.59. The number of nitrogens with one attached hydrogen (secondary N) is 2. The van der Waals surface area contributed by atoms with Gasteiger partial charge in [0.25, 0.3) is 0 Å². The van der Waals surface area contributed by atoms with E-state index in [2.05, 4.69) is 68.6 Å².